The summed E-state index contributed by atoms with van der Waals surface area (Å²) in [6.45, 7) is 0. The lowest BCUT2D eigenvalue weighted by molar-refractivity contribution is -0.115. The first-order valence-electron chi connectivity index (χ1n) is 9.25. The zero-order chi connectivity index (χ0) is 20.9. The summed E-state index contributed by atoms with van der Waals surface area (Å²) < 4.78 is 16.4. The van der Waals surface area contributed by atoms with Gasteiger partial charge in [0.2, 0.25) is 5.91 Å². The minimum atomic E-state index is -0.0665. The van der Waals surface area contributed by atoms with Gasteiger partial charge in [0.1, 0.15) is 11.4 Å². The molecule has 2 aromatic carbocycles. The monoisotopic (exact) mass is 440 g/mol. The van der Waals surface area contributed by atoms with Crippen molar-refractivity contribution in [1.29, 1.82) is 0 Å². The van der Waals surface area contributed by atoms with Crippen LogP contribution >= 0.6 is 23.1 Å². The topological polar surface area (TPSA) is 73.6 Å². The number of para-hydroxylation sites is 1. The number of anilines is 1. The van der Waals surface area contributed by atoms with Crippen LogP contribution in [0.4, 0.5) is 5.13 Å². The van der Waals surface area contributed by atoms with Crippen LogP contribution in [0, 0.1) is 0 Å². The number of ether oxygens (including phenoxy) is 2. The van der Waals surface area contributed by atoms with Gasteiger partial charge in [0.25, 0.3) is 0 Å². The largest absolute Gasteiger partial charge is 0.497 e. The number of fused-ring (bicyclic) bond motifs is 1. The van der Waals surface area contributed by atoms with Crippen molar-refractivity contribution in [2.45, 2.75) is 11.3 Å². The lowest BCUT2D eigenvalue weighted by atomic mass is 10.2. The highest BCUT2D eigenvalue weighted by Crippen LogP contribution is 2.34. The van der Waals surface area contributed by atoms with E-state index in [0.29, 0.717) is 40.1 Å². The molecule has 0 aliphatic carbocycles. The third-order valence-corrected chi connectivity index (χ3v) is 6.16. The quantitative estimate of drug-likeness (QED) is 0.355. The summed E-state index contributed by atoms with van der Waals surface area (Å²) in [5, 5.41) is 6.22. The summed E-state index contributed by atoms with van der Waals surface area (Å²) in [5.41, 5.74) is 1.37. The molecular formula is C22H20N2O4S2. The molecular weight excluding hydrogens is 420 g/mol. The predicted molar refractivity (Wildman–Crippen MR) is 121 cm³/mol. The smallest absolute Gasteiger partial charge is 0.226 e. The Morgan fingerprint density at radius 2 is 2.00 bits per heavy atom. The Hall–Kier alpha value is -2.97. The van der Waals surface area contributed by atoms with Crippen LogP contribution in [-0.4, -0.2) is 30.9 Å². The SMILES string of the molecule is COc1ccc(SCCC(=O)Nc2nc(-c3cc4cccc(OC)c4o3)cs2)cc1. The van der Waals surface area contributed by atoms with Crippen molar-refractivity contribution in [1.82, 2.24) is 4.98 Å². The van der Waals surface area contributed by atoms with Gasteiger partial charge in [-0.1, -0.05) is 12.1 Å². The van der Waals surface area contributed by atoms with E-state index in [0.717, 1.165) is 16.0 Å². The molecule has 0 saturated heterocycles. The summed E-state index contributed by atoms with van der Waals surface area (Å²) in [6.07, 6.45) is 0.396. The van der Waals surface area contributed by atoms with Crippen LogP contribution in [0.15, 0.2) is 63.2 Å². The number of carbonyl (C=O) groups is 1. The number of nitrogens with zero attached hydrogens (tertiary/aromatic N) is 1. The van der Waals surface area contributed by atoms with E-state index >= 15 is 0 Å². The highest BCUT2D eigenvalue weighted by Gasteiger charge is 2.14. The van der Waals surface area contributed by atoms with E-state index in [4.69, 9.17) is 13.9 Å². The number of amides is 1. The van der Waals surface area contributed by atoms with Gasteiger partial charge in [-0.3, -0.25) is 4.79 Å². The molecule has 154 valence electrons. The second-order valence-corrected chi connectivity index (χ2v) is 8.38. The Labute approximate surface area is 182 Å². The number of hydrogen-bond donors (Lipinski definition) is 1. The van der Waals surface area contributed by atoms with Crippen LogP contribution in [0.1, 0.15) is 6.42 Å². The van der Waals surface area contributed by atoms with Crippen molar-refractivity contribution in [3.8, 4) is 23.0 Å². The lowest BCUT2D eigenvalue weighted by Gasteiger charge is -2.04. The number of furan rings is 1. The Balaban J connectivity index is 1.34. The van der Waals surface area contributed by atoms with E-state index in [9.17, 15) is 4.79 Å². The molecule has 2 aromatic heterocycles. The van der Waals surface area contributed by atoms with E-state index in [2.05, 4.69) is 10.3 Å². The Bertz CT molecular complexity index is 1150. The Morgan fingerprint density at radius 1 is 1.17 bits per heavy atom. The maximum atomic E-state index is 12.3. The van der Waals surface area contributed by atoms with Crippen LogP contribution in [0.5, 0.6) is 11.5 Å². The molecule has 1 N–H and O–H groups in total. The number of carbonyl (C=O) groups excluding carboxylic acids is 1. The van der Waals surface area contributed by atoms with Crippen LogP contribution in [0.25, 0.3) is 22.4 Å². The molecule has 0 saturated carbocycles. The molecule has 0 unspecified atom stereocenters. The number of thioether (sulfide) groups is 1. The maximum Gasteiger partial charge on any atom is 0.226 e. The third kappa shape index (κ3) is 4.60. The maximum absolute atomic E-state index is 12.3. The van der Waals surface area contributed by atoms with Crippen LogP contribution in [-0.2, 0) is 4.79 Å². The van der Waals surface area contributed by atoms with Crippen molar-refractivity contribution in [2.75, 3.05) is 25.3 Å². The van der Waals surface area contributed by atoms with Crippen LogP contribution < -0.4 is 14.8 Å². The normalized spacial score (nSPS) is 10.9. The average molecular weight is 441 g/mol. The van der Waals surface area contributed by atoms with Gasteiger partial charge in [0.05, 0.1) is 14.2 Å². The van der Waals surface area contributed by atoms with Crippen molar-refractivity contribution >= 4 is 45.1 Å². The zero-order valence-electron chi connectivity index (χ0n) is 16.5. The lowest BCUT2D eigenvalue weighted by Crippen LogP contribution is -2.11. The number of methoxy groups -OCH3 is 2. The van der Waals surface area contributed by atoms with Crippen molar-refractivity contribution < 1.29 is 18.7 Å². The van der Waals surface area contributed by atoms with Gasteiger partial charge in [0, 0.05) is 27.8 Å². The first-order valence-corrected chi connectivity index (χ1v) is 11.1. The number of benzene rings is 2. The van der Waals surface area contributed by atoms with Crippen molar-refractivity contribution in [3.63, 3.8) is 0 Å². The fraction of sp³-hybridized carbons (Fsp3) is 0.182. The molecule has 0 atom stereocenters. The van der Waals surface area contributed by atoms with Gasteiger partial charge >= 0.3 is 0 Å². The number of hydrogen-bond acceptors (Lipinski definition) is 7. The summed E-state index contributed by atoms with van der Waals surface area (Å²) >= 11 is 3.00. The Morgan fingerprint density at radius 3 is 2.77 bits per heavy atom. The van der Waals surface area contributed by atoms with E-state index in [1.807, 2.05) is 53.9 Å². The highest BCUT2D eigenvalue weighted by atomic mass is 32.2. The molecule has 8 heteroatoms. The van der Waals surface area contributed by atoms with Crippen LogP contribution in [0.3, 0.4) is 0 Å². The fourth-order valence-corrected chi connectivity index (χ4v) is 4.45. The molecule has 2 heterocycles. The number of rotatable bonds is 8. The average Bonchev–Trinajstić information content (AvgIpc) is 3.40. The molecule has 0 radical (unpaired) electrons. The molecule has 0 spiro atoms. The summed E-state index contributed by atoms with van der Waals surface area (Å²) in [6, 6.07) is 15.4. The molecule has 30 heavy (non-hydrogen) atoms. The van der Waals surface area contributed by atoms with E-state index < -0.39 is 0 Å². The van der Waals surface area contributed by atoms with E-state index in [1.165, 1.54) is 11.3 Å². The molecule has 0 aliphatic heterocycles. The number of nitrogens with one attached hydrogen (secondary N) is 1. The second kappa shape index (κ2) is 9.23. The summed E-state index contributed by atoms with van der Waals surface area (Å²) in [7, 11) is 3.25. The number of thiazole rings is 1. The summed E-state index contributed by atoms with van der Waals surface area (Å²) in [5.74, 6) is 2.75. The molecule has 0 aliphatic rings. The molecule has 1 amide bonds. The Kier molecular flexibility index (Phi) is 6.25. The molecule has 0 bridgehead atoms. The zero-order valence-corrected chi connectivity index (χ0v) is 18.1. The van der Waals surface area contributed by atoms with Gasteiger partial charge in [0.15, 0.2) is 22.2 Å². The minimum Gasteiger partial charge on any atom is -0.497 e. The predicted octanol–water partition coefficient (Wildman–Crippen LogP) is 5.69. The van der Waals surface area contributed by atoms with Crippen molar-refractivity contribution in [3.05, 3.63) is 53.9 Å². The molecule has 4 rings (SSSR count). The highest BCUT2D eigenvalue weighted by molar-refractivity contribution is 7.99. The van der Waals surface area contributed by atoms with E-state index in [-0.39, 0.29) is 5.91 Å². The minimum absolute atomic E-state index is 0.0665. The van der Waals surface area contributed by atoms with Gasteiger partial charge in [-0.05, 0) is 36.4 Å². The molecule has 6 nitrogen and oxygen atoms in total. The van der Waals surface area contributed by atoms with Gasteiger partial charge < -0.3 is 19.2 Å². The van der Waals surface area contributed by atoms with Gasteiger partial charge in [-0.15, -0.1) is 23.1 Å². The first-order chi connectivity index (χ1) is 14.7. The number of aromatic nitrogens is 1. The van der Waals surface area contributed by atoms with Gasteiger partial charge in [-0.2, -0.15) is 0 Å². The molecule has 0 fully saturated rings. The second-order valence-electron chi connectivity index (χ2n) is 6.35. The first kappa shape index (κ1) is 20.3. The third-order valence-electron chi connectivity index (χ3n) is 4.39. The van der Waals surface area contributed by atoms with Crippen LogP contribution in [0.2, 0.25) is 0 Å². The standard InChI is InChI=1S/C22H20N2O4S2/c1-26-15-6-8-16(9-7-15)29-11-10-20(25)24-22-23-17(13-30-22)19-12-14-4-3-5-18(27-2)21(14)28-19/h3-9,12-13H,10-11H2,1-2H3,(H,23,24,25). The van der Waals surface area contributed by atoms with Crippen molar-refractivity contribution in [2.24, 2.45) is 0 Å². The summed E-state index contributed by atoms with van der Waals surface area (Å²) in [4.78, 5) is 17.8. The van der Waals surface area contributed by atoms with Gasteiger partial charge in [-0.25, -0.2) is 4.98 Å². The molecule has 4 aromatic rings. The van der Waals surface area contributed by atoms with E-state index in [1.54, 1.807) is 26.0 Å². The fourth-order valence-electron chi connectivity index (χ4n) is 2.88.